The molecule has 0 bridgehead atoms. The van der Waals surface area contributed by atoms with Crippen LogP contribution in [0.1, 0.15) is 36.7 Å². The lowest BCUT2D eigenvalue weighted by atomic mass is 9.98. The summed E-state index contributed by atoms with van der Waals surface area (Å²) in [4.78, 5) is 23.1. The molecule has 0 aromatic heterocycles. The third-order valence-electron chi connectivity index (χ3n) is 2.36. The highest BCUT2D eigenvalue weighted by Gasteiger charge is 2.23. The Morgan fingerprint density at radius 1 is 1.11 bits per heavy atom. The van der Waals surface area contributed by atoms with E-state index in [0.29, 0.717) is 5.56 Å². The van der Waals surface area contributed by atoms with Crippen molar-refractivity contribution in [3.8, 4) is 0 Å². The van der Waals surface area contributed by atoms with Gasteiger partial charge in [0.25, 0.3) is 0 Å². The number of aryl methyl sites for hydroxylation is 1. The van der Waals surface area contributed by atoms with E-state index >= 15 is 0 Å². The molecule has 0 aliphatic rings. The lowest BCUT2D eigenvalue weighted by Crippen LogP contribution is -2.24. The van der Waals surface area contributed by atoms with Crippen LogP contribution >= 0.6 is 0 Å². The van der Waals surface area contributed by atoms with Gasteiger partial charge in [-0.3, -0.25) is 4.79 Å². The maximum Gasteiger partial charge on any atom is 0.341 e. The molecule has 0 atom stereocenters. The fourth-order valence-electron chi connectivity index (χ4n) is 1.23. The Morgan fingerprint density at radius 2 is 1.72 bits per heavy atom. The number of carbonyl (C=O) groups is 2. The molecule has 0 radical (unpaired) electrons. The van der Waals surface area contributed by atoms with Gasteiger partial charge in [-0.15, -0.1) is 0 Å². The van der Waals surface area contributed by atoms with Gasteiger partial charge >= 0.3 is 11.9 Å². The first-order valence-corrected chi connectivity index (χ1v) is 5.72. The summed E-state index contributed by atoms with van der Waals surface area (Å²) in [5, 5.41) is 0. The molecule has 0 heterocycles. The van der Waals surface area contributed by atoms with Crippen molar-refractivity contribution >= 4 is 11.9 Å². The Bertz CT molecular complexity index is 443. The van der Waals surface area contributed by atoms with Crippen LogP contribution in [-0.4, -0.2) is 18.7 Å². The Kier molecular flexibility index (Phi) is 4.48. The summed E-state index contributed by atoms with van der Waals surface area (Å²) in [7, 11) is 0. The van der Waals surface area contributed by atoms with Gasteiger partial charge in [0.2, 0.25) is 6.79 Å². The van der Waals surface area contributed by atoms with Gasteiger partial charge in [0.15, 0.2) is 0 Å². The molecule has 4 nitrogen and oxygen atoms in total. The molecule has 1 aromatic carbocycles. The van der Waals surface area contributed by atoms with Crippen LogP contribution in [0.25, 0.3) is 0 Å². The second-order valence-electron chi connectivity index (χ2n) is 5.05. The van der Waals surface area contributed by atoms with Crippen molar-refractivity contribution in [2.75, 3.05) is 6.79 Å². The third-order valence-corrected chi connectivity index (χ3v) is 2.36. The number of hydrogen-bond acceptors (Lipinski definition) is 4. The molecule has 4 heteroatoms. The maximum atomic E-state index is 11.7. The monoisotopic (exact) mass is 250 g/mol. The van der Waals surface area contributed by atoms with Crippen LogP contribution in [0.4, 0.5) is 0 Å². The quantitative estimate of drug-likeness (QED) is 0.611. The lowest BCUT2D eigenvalue weighted by Gasteiger charge is -2.16. The highest BCUT2D eigenvalue weighted by Crippen LogP contribution is 2.15. The zero-order valence-corrected chi connectivity index (χ0v) is 11.1. The summed E-state index contributed by atoms with van der Waals surface area (Å²) in [6.07, 6.45) is 0. The Labute approximate surface area is 107 Å². The molecule has 0 saturated carbocycles. The van der Waals surface area contributed by atoms with Gasteiger partial charge < -0.3 is 9.47 Å². The van der Waals surface area contributed by atoms with E-state index in [1.54, 1.807) is 32.9 Å². The summed E-state index contributed by atoms with van der Waals surface area (Å²) in [6, 6.07) is 7.08. The summed E-state index contributed by atoms with van der Waals surface area (Å²) in [6.45, 7) is 6.66. The maximum absolute atomic E-state index is 11.7. The molecule has 0 amide bonds. The average molecular weight is 250 g/mol. The first-order chi connectivity index (χ1) is 8.32. The van der Waals surface area contributed by atoms with Crippen molar-refractivity contribution in [1.82, 2.24) is 0 Å². The first-order valence-electron chi connectivity index (χ1n) is 5.72. The van der Waals surface area contributed by atoms with Crippen LogP contribution in [-0.2, 0) is 14.3 Å². The highest BCUT2D eigenvalue weighted by atomic mass is 16.7. The molecular weight excluding hydrogens is 232 g/mol. The van der Waals surface area contributed by atoms with E-state index in [1.807, 2.05) is 19.1 Å². The van der Waals surface area contributed by atoms with Crippen LogP contribution in [0.3, 0.4) is 0 Å². The van der Waals surface area contributed by atoms with Gasteiger partial charge in [-0.05, 0) is 39.3 Å². The second-order valence-corrected chi connectivity index (χ2v) is 5.05. The molecular formula is C14H18O4. The van der Waals surface area contributed by atoms with Crippen LogP contribution in [0.15, 0.2) is 24.3 Å². The van der Waals surface area contributed by atoms with Crippen molar-refractivity contribution in [3.63, 3.8) is 0 Å². The van der Waals surface area contributed by atoms with Crippen LogP contribution < -0.4 is 0 Å². The van der Waals surface area contributed by atoms with Gasteiger partial charge in [0.1, 0.15) is 0 Å². The first kappa shape index (κ1) is 14.2. The van der Waals surface area contributed by atoms with Crippen LogP contribution in [0.5, 0.6) is 0 Å². The van der Waals surface area contributed by atoms with Crippen molar-refractivity contribution in [1.29, 1.82) is 0 Å². The topological polar surface area (TPSA) is 52.6 Å². The SMILES string of the molecule is Cc1ccccc1C(=O)OCOC(=O)C(C)(C)C. The molecule has 0 fully saturated rings. The molecule has 0 aliphatic carbocycles. The van der Waals surface area contributed by atoms with E-state index < -0.39 is 17.4 Å². The Balaban J connectivity index is 2.49. The van der Waals surface area contributed by atoms with Gasteiger partial charge in [-0.1, -0.05) is 18.2 Å². The normalized spacial score (nSPS) is 10.9. The van der Waals surface area contributed by atoms with Crippen molar-refractivity contribution in [3.05, 3.63) is 35.4 Å². The Morgan fingerprint density at radius 3 is 2.28 bits per heavy atom. The van der Waals surface area contributed by atoms with E-state index in [4.69, 9.17) is 9.47 Å². The number of esters is 2. The summed E-state index contributed by atoms with van der Waals surface area (Å²) in [5.74, 6) is -0.894. The van der Waals surface area contributed by atoms with Gasteiger partial charge in [-0.2, -0.15) is 0 Å². The molecule has 0 spiro atoms. The van der Waals surface area contributed by atoms with Crippen LogP contribution in [0, 0.1) is 12.3 Å². The van der Waals surface area contributed by atoms with Crippen molar-refractivity contribution in [2.24, 2.45) is 5.41 Å². The lowest BCUT2D eigenvalue weighted by molar-refractivity contribution is -0.161. The molecule has 18 heavy (non-hydrogen) atoms. The summed E-state index contributed by atoms with van der Waals surface area (Å²) >= 11 is 0. The summed E-state index contributed by atoms with van der Waals surface area (Å²) < 4.78 is 9.75. The number of benzene rings is 1. The molecule has 0 aliphatic heterocycles. The number of hydrogen-bond donors (Lipinski definition) is 0. The van der Waals surface area contributed by atoms with Crippen LogP contribution in [0.2, 0.25) is 0 Å². The van der Waals surface area contributed by atoms with E-state index in [0.717, 1.165) is 5.56 Å². The Hall–Kier alpha value is -1.84. The second kappa shape index (κ2) is 5.67. The minimum atomic E-state index is -0.602. The number of ether oxygens (including phenoxy) is 2. The van der Waals surface area contributed by atoms with Crippen molar-refractivity contribution in [2.45, 2.75) is 27.7 Å². The summed E-state index contributed by atoms with van der Waals surface area (Å²) in [5.41, 5.74) is 0.698. The molecule has 0 saturated heterocycles. The van der Waals surface area contributed by atoms with E-state index in [9.17, 15) is 9.59 Å². The predicted molar refractivity (Wildman–Crippen MR) is 67.0 cm³/mol. The van der Waals surface area contributed by atoms with Gasteiger partial charge in [-0.25, -0.2) is 4.79 Å². The molecule has 0 N–H and O–H groups in total. The van der Waals surface area contributed by atoms with E-state index in [-0.39, 0.29) is 6.79 Å². The third kappa shape index (κ3) is 3.87. The van der Waals surface area contributed by atoms with Gasteiger partial charge in [0, 0.05) is 0 Å². The van der Waals surface area contributed by atoms with Crippen molar-refractivity contribution < 1.29 is 19.1 Å². The fourth-order valence-corrected chi connectivity index (χ4v) is 1.23. The minimum absolute atomic E-state index is 0.358. The molecule has 0 unspecified atom stereocenters. The van der Waals surface area contributed by atoms with E-state index in [1.165, 1.54) is 0 Å². The largest absolute Gasteiger partial charge is 0.427 e. The fraction of sp³-hybridized carbons (Fsp3) is 0.429. The zero-order chi connectivity index (χ0) is 13.8. The minimum Gasteiger partial charge on any atom is -0.427 e. The predicted octanol–water partition coefficient (Wildman–Crippen LogP) is 2.70. The number of carbonyl (C=O) groups excluding carboxylic acids is 2. The van der Waals surface area contributed by atoms with Gasteiger partial charge in [0.05, 0.1) is 11.0 Å². The standard InChI is InChI=1S/C14H18O4/c1-10-7-5-6-8-11(10)12(15)17-9-18-13(16)14(2,3)4/h5-8H,9H2,1-4H3. The highest BCUT2D eigenvalue weighted by molar-refractivity contribution is 5.91. The average Bonchev–Trinajstić information content (AvgIpc) is 2.28. The molecule has 98 valence electrons. The smallest absolute Gasteiger partial charge is 0.341 e. The van der Waals surface area contributed by atoms with E-state index in [2.05, 4.69) is 0 Å². The number of rotatable bonds is 3. The molecule has 1 aromatic rings. The zero-order valence-electron chi connectivity index (χ0n) is 11.1. The molecule has 1 rings (SSSR count).